The second-order valence-corrected chi connectivity index (χ2v) is 4.55. The Morgan fingerprint density at radius 1 is 1.00 bits per heavy atom. The number of ether oxygens (including phenoxy) is 2. The Balaban J connectivity index is 1.95. The zero-order chi connectivity index (χ0) is 13.9. The fraction of sp³-hybridized carbons (Fsp3) is 0.188. The Labute approximate surface area is 117 Å². The maximum Gasteiger partial charge on any atom is 0.161 e. The molecular formula is C16H16N2O2. The van der Waals surface area contributed by atoms with Crippen molar-refractivity contribution in [2.45, 2.75) is 6.54 Å². The molecule has 0 aliphatic carbocycles. The molecule has 0 unspecified atom stereocenters. The molecule has 4 nitrogen and oxygen atoms in total. The van der Waals surface area contributed by atoms with Crippen LogP contribution in [-0.2, 0) is 6.54 Å². The minimum absolute atomic E-state index is 0.702. The van der Waals surface area contributed by atoms with Gasteiger partial charge in [0, 0.05) is 5.39 Å². The molecule has 20 heavy (non-hydrogen) atoms. The molecule has 0 aliphatic heterocycles. The number of para-hydroxylation sites is 1. The first-order valence-corrected chi connectivity index (χ1v) is 6.43. The maximum atomic E-state index is 5.33. The minimum atomic E-state index is 0.702. The Hall–Kier alpha value is -2.49. The molecular weight excluding hydrogens is 252 g/mol. The highest BCUT2D eigenvalue weighted by molar-refractivity contribution is 5.78. The first kappa shape index (κ1) is 12.5. The summed E-state index contributed by atoms with van der Waals surface area (Å²) in [4.78, 5) is 0. The lowest BCUT2D eigenvalue weighted by Gasteiger charge is -2.10. The highest BCUT2D eigenvalue weighted by atomic mass is 16.5. The van der Waals surface area contributed by atoms with Gasteiger partial charge in [0.25, 0.3) is 0 Å². The van der Waals surface area contributed by atoms with Gasteiger partial charge in [0.1, 0.15) is 0 Å². The van der Waals surface area contributed by atoms with Gasteiger partial charge in [0.2, 0.25) is 0 Å². The van der Waals surface area contributed by atoms with Gasteiger partial charge in [0.05, 0.1) is 32.5 Å². The number of hydrogen-bond acceptors (Lipinski definition) is 3. The van der Waals surface area contributed by atoms with Crippen LogP contribution in [0.1, 0.15) is 5.56 Å². The van der Waals surface area contributed by atoms with E-state index in [-0.39, 0.29) is 0 Å². The molecule has 0 saturated carbocycles. The molecule has 0 amide bonds. The van der Waals surface area contributed by atoms with E-state index >= 15 is 0 Å². The van der Waals surface area contributed by atoms with E-state index in [0.29, 0.717) is 6.54 Å². The molecule has 0 fully saturated rings. The first-order chi connectivity index (χ1) is 9.81. The Morgan fingerprint density at radius 3 is 2.60 bits per heavy atom. The topological polar surface area (TPSA) is 36.3 Å². The molecule has 2 aromatic carbocycles. The van der Waals surface area contributed by atoms with Crippen LogP contribution in [0.4, 0.5) is 0 Å². The summed E-state index contributed by atoms with van der Waals surface area (Å²) in [6.07, 6.45) is 1.89. The van der Waals surface area contributed by atoms with Crippen LogP contribution in [0, 0.1) is 0 Å². The lowest BCUT2D eigenvalue weighted by atomic mass is 10.2. The van der Waals surface area contributed by atoms with Gasteiger partial charge in [-0.3, -0.25) is 4.68 Å². The van der Waals surface area contributed by atoms with Crippen molar-refractivity contribution in [3.8, 4) is 11.5 Å². The van der Waals surface area contributed by atoms with Crippen LogP contribution in [0.5, 0.6) is 11.5 Å². The summed E-state index contributed by atoms with van der Waals surface area (Å²) in [6, 6.07) is 14.1. The molecule has 0 bridgehead atoms. The summed E-state index contributed by atoms with van der Waals surface area (Å²) < 4.78 is 12.6. The van der Waals surface area contributed by atoms with Gasteiger partial charge in [-0.2, -0.15) is 5.10 Å². The highest BCUT2D eigenvalue weighted by Crippen LogP contribution is 2.28. The molecule has 0 aliphatic rings. The van der Waals surface area contributed by atoms with E-state index < -0.39 is 0 Å². The second kappa shape index (κ2) is 5.25. The molecule has 3 aromatic rings. The van der Waals surface area contributed by atoms with Crippen LogP contribution in [0.15, 0.2) is 48.7 Å². The van der Waals surface area contributed by atoms with E-state index in [2.05, 4.69) is 17.2 Å². The van der Waals surface area contributed by atoms with Gasteiger partial charge in [-0.25, -0.2) is 0 Å². The Morgan fingerprint density at radius 2 is 1.80 bits per heavy atom. The zero-order valence-electron chi connectivity index (χ0n) is 11.5. The van der Waals surface area contributed by atoms with Gasteiger partial charge in [0.15, 0.2) is 11.5 Å². The van der Waals surface area contributed by atoms with Crippen LogP contribution < -0.4 is 9.47 Å². The summed E-state index contributed by atoms with van der Waals surface area (Å²) in [5.41, 5.74) is 2.25. The second-order valence-electron chi connectivity index (χ2n) is 4.55. The van der Waals surface area contributed by atoms with Gasteiger partial charge < -0.3 is 9.47 Å². The third-order valence-electron chi connectivity index (χ3n) is 3.33. The summed E-state index contributed by atoms with van der Waals surface area (Å²) in [5, 5.41) is 5.58. The monoisotopic (exact) mass is 268 g/mol. The number of nitrogens with zero attached hydrogens (tertiary/aromatic N) is 2. The van der Waals surface area contributed by atoms with Gasteiger partial charge in [-0.15, -0.1) is 0 Å². The van der Waals surface area contributed by atoms with Gasteiger partial charge in [-0.1, -0.05) is 24.3 Å². The molecule has 0 radical (unpaired) electrons. The molecule has 1 heterocycles. The predicted molar refractivity (Wildman–Crippen MR) is 78.4 cm³/mol. The SMILES string of the molecule is COc1ccc(Cn2ncc3ccccc32)cc1OC. The molecule has 0 spiro atoms. The van der Waals surface area contributed by atoms with Crippen LogP contribution in [0.2, 0.25) is 0 Å². The van der Waals surface area contributed by atoms with E-state index in [1.807, 2.05) is 41.2 Å². The number of methoxy groups -OCH3 is 2. The van der Waals surface area contributed by atoms with E-state index in [4.69, 9.17) is 9.47 Å². The average molecular weight is 268 g/mol. The number of hydrogen-bond donors (Lipinski definition) is 0. The van der Waals surface area contributed by atoms with E-state index in [0.717, 1.165) is 28.0 Å². The number of aromatic nitrogens is 2. The fourth-order valence-electron chi connectivity index (χ4n) is 2.30. The van der Waals surface area contributed by atoms with Crippen molar-refractivity contribution in [2.75, 3.05) is 14.2 Å². The van der Waals surface area contributed by atoms with Crippen molar-refractivity contribution >= 4 is 10.9 Å². The molecule has 102 valence electrons. The van der Waals surface area contributed by atoms with E-state index in [1.54, 1.807) is 14.2 Å². The average Bonchev–Trinajstić information content (AvgIpc) is 2.90. The predicted octanol–water partition coefficient (Wildman–Crippen LogP) is 3.10. The summed E-state index contributed by atoms with van der Waals surface area (Å²) in [7, 11) is 3.28. The molecule has 4 heteroatoms. The van der Waals surface area contributed by atoms with Crippen molar-refractivity contribution in [1.29, 1.82) is 0 Å². The molecule has 1 aromatic heterocycles. The number of benzene rings is 2. The van der Waals surface area contributed by atoms with Crippen molar-refractivity contribution in [2.24, 2.45) is 0 Å². The van der Waals surface area contributed by atoms with Crippen molar-refractivity contribution < 1.29 is 9.47 Å². The lowest BCUT2D eigenvalue weighted by molar-refractivity contribution is 0.354. The Bertz CT molecular complexity index is 734. The number of fused-ring (bicyclic) bond motifs is 1. The lowest BCUT2D eigenvalue weighted by Crippen LogP contribution is -2.02. The molecule has 0 saturated heterocycles. The van der Waals surface area contributed by atoms with E-state index in [1.165, 1.54) is 0 Å². The number of rotatable bonds is 4. The zero-order valence-corrected chi connectivity index (χ0v) is 11.5. The summed E-state index contributed by atoms with van der Waals surface area (Å²) >= 11 is 0. The largest absolute Gasteiger partial charge is 0.493 e. The molecule has 3 rings (SSSR count). The van der Waals surface area contributed by atoms with Gasteiger partial charge >= 0.3 is 0 Å². The first-order valence-electron chi connectivity index (χ1n) is 6.43. The standard InChI is InChI=1S/C16H16N2O2/c1-19-15-8-7-12(9-16(15)20-2)11-18-14-6-4-3-5-13(14)10-17-18/h3-10H,11H2,1-2H3. The van der Waals surface area contributed by atoms with Crippen molar-refractivity contribution in [3.05, 3.63) is 54.2 Å². The van der Waals surface area contributed by atoms with Crippen molar-refractivity contribution in [3.63, 3.8) is 0 Å². The Kier molecular flexibility index (Phi) is 3.29. The summed E-state index contributed by atoms with van der Waals surface area (Å²) in [6.45, 7) is 0.702. The molecule has 0 N–H and O–H groups in total. The van der Waals surface area contributed by atoms with Crippen LogP contribution in [-0.4, -0.2) is 24.0 Å². The quantitative estimate of drug-likeness (QED) is 0.729. The normalized spacial score (nSPS) is 10.7. The fourth-order valence-corrected chi connectivity index (χ4v) is 2.30. The molecule has 0 atom stereocenters. The van der Waals surface area contributed by atoms with Crippen LogP contribution in [0.3, 0.4) is 0 Å². The third kappa shape index (κ3) is 2.20. The third-order valence-corrected chi connectivity index (χ3v) is 3.33. The minimum Gasteiger partial charge on any atom is -0.493 e. The van der Waals surface area contributed by atoms with E-state index in [9.17, 15) is 0 Å². The smallest absolute Gasteiger partial charge is 0.161 e. The highest BCUT2D eigenvalue weighted by Gasteiger charge is 2.07. The maximum absolute atomic E-state index is 5.33. The van der Waals surface area contributed by atoms with Crippen molar-refractivity contribution in [1.82, 2.24) is 9.78 Å². The van der Waals surface area contributed by atoms with Crippen LogP contribution in [0.25, 0.3) is 10.9 Å². The summed E-state index contributed by atoms with van der Waals surface area (Å²) in [5.74, 6) is 1.48. The van der Waals surface area contributed by atoms with Gasteiger partial charge in [-0.05, 0) is 23.8 Å². The van der Waals surface area contributed by atoms with Crippen LogP contribution >= 0.6 is 0 Å².